The lowest BCUT2D eigenvalue weighted by Gasteiger charge is -2.25. The van der Waals surface area contributed by atoms with Crippen LogP contribution in [0.5, 0.6) is 5.75 Å². The van der Waals surface area contributed by atoms with Crippen molar-refractivity contribution in [2.45, 2.75) is 44.6 Å². The van der Waals surface area contributed by atoms with Gasteiger partial charge in [-0.1, -0.05) is 17.7 Å². The molecule has 1 aliphatic rings. The first-order valence-electron chi connectivity index (χ1n) is 10.0. The van der Waals surface area contributed by atoms with Crippen LogP contribution in [0.2, 0.25) is 5.02 Å². The molecule has 1 saturated carbocycles. The average molecular weight is 417 g/mol. The second-order valence-corrected chi connectivity index (χ2v) is 8.53. The van der Waals surface area contributed by atoms with E-state index in [1.54, 1.807) is 12.1 Å². The second-order valence-electron chi connectivity index (χ2n) is 8.12. The maximum atomic E-state index is 12.7. The highest BCUT2D eigenvalue weighted by atomic mass is 35.5. The smallest absolute Gasteiger partial charge is 0.220 e. The highest BCUT2D eigenvalue weighted by molar-refractivity contribution is 6.32. The summed E-state index contributed by atoms with van der Waals surface area (Å²) in [6.07, 6.45) is 7.22. The van der Waals surface area contributed by atoms with Gasteiger partial charge in [0.1, 0.15) is 11.6 Å². The lowest BCUT2D eigenvalue weighted by molar-refractivity contribution is -0.121. The van der Waals surface area contributed by atoms with E-state index in [4.69, 9.17) is 11.6 Å². The van der Waals surface area contributed by atoms with Gasteiger partial charge in [0.05, 0.1) is 5.02 Å². The van der Waals surface area contributed by atoms with Crippen molar-refractivity contribution in [1.82, 2.24) is 20.2 Å². The third-order valence-electron chi connectivity index (χ3n) is 5.57. The van der Waals surface area contributed by atoms with E-state index in [0.29, 0.717) is 23.9 Å². The van der Waals surface area contributed by atoms with E-state index in [2.05, 4.69) is 20.2 Å². The normalized spacial score (nSPS) is 15.9. The van der Waals surface area contributed by atoms with E-state index in [1.165, 1.54) is 0 Å². The largest absolute Gasteiger partial charge is 0.506 e. The molecular formula is C22H29ClN4O2. The molecule has 2 aromatic rings. The molecule has 0 saturated heterocycles. The Labute approximate surface area is 177 Å². The Bertz CT molecular complexity index is 837. The van der Waals surface area contributed by atoms with Crippen molar-refractivity contribution < 1.29 is 9.90 Å². The quantitative estimate of drug-likeness (QED) is 0.655. The first-order chi connectivity index (χ1) is 13.8. The highest BCUT2D eigenvalue weighted by Crippen LogP contribution is 2.44. The Hall–Kier alpha value is -2.18. The number of hydrogen-bond acceptors (Lipinski definition) is 5. The van der Waals surface area contributed by atoms with Crippen LogP contribution in [0.15, 0.2) is 30.6 Å². The lowest BCUT2D eigenvalue weighted by atomic mass is 9.92. The van der Waals surface area contributed by atoms with Crippen LogP contribution < -0.4 is 5.32 Å². The van der Waals surface area contributed by atoms with Crippen LogP contribution in [-0.2, 0) is 11.2 Å². The van der Waals surface area contributed by atoms with E-state index >= 15 is 0 Å². The van der Waals surface area contributed by atoms with Crippen LogP contribution in [0, 0.1) is 12.8 Å². The number of halogens is 1. The molecular weight excluding hydrogens is 388 g/mol. The number of carbonyl (C=O) groups is 1. The molecule has 2 atom stereocenters. The summed E-state index contributed by atoms with van der Waals surface area (Å²) in [5, 5.41) is 13.0. The number of aryl methyl sites for hydroxylation is 1. The van der Waals surface area contributed by atoms with E-state index in [0.717, 1.165) is 36.2 Å². The second kappa shape index (κ2) is 9.55. The van der Waals surface area contributed by atoms with Crippen molar-refractivity contribution in [2.75, 3.05) is 20.6 Å². The number of nitrogens with zero attached hydrogens (tertiary/aromatic N) is 3. The SMILES string of the molecule is Cc1ncc([C@H](CC(=O)NC[C@H](Cc2ccc(O)c(Cl)c2)N(C)C)C2CC2)cn1. The molecule has 156 valence electrons. The van der Waals surface area contributed by atoms with Crippen LogP contribution in [0.3, 0.4) is 0 Å². The van der Waals surface area contributed by atoms with Crippen LogP contribution in [0.1, 0.15) is 42.1 Å². The monoisotopic (exact) mass is 416 g/mol. The number of carbonyl (C=O) groups excluding carboxylic acids is 1. The number of hydrogen-bond donors (Lipinski definition) is 2. The zero-order valence-electron chi connectivity index (χ0n) is 17.2. The predicted octanol–water partition coefficient (Wildman–Crippen LogP) is 3.32. The van der Waals surface area contributed by atoms with Crippen molar-refractivity contribution in [1.29, 1.82) is 0 Å². The van der Waals surface area contributed by atoms with Gasteiger partial charge in [-0.05, 0) is 75.4 Å². The van der Waals surface area contributed by atoms with Gasteiger partial charge in [0.15, 0.2) is 0 Å². The van der Waals surface area contributed by atoms with Crippen molar-refractivity contribution in [3.8, 4) is 5.75 Å². The van der Waals surface area contributed by atoms with Gasteiger partial charge in [0.2, 0.25) is 5.91 Å². The van der Waals surface area contributed by atoms with Crippen molar-refractivity contribution in [3.63, 3.8) is 0 Å². The van der Waals surface area contributed by atoms with E-state index in [9.17, 15) is 9.90 Å². The fourth-order valence-corrected chi connectivity index (χ4v) is 3.74. The van der Waals surface area contributed by atoms with Gasteiger partial charge in [-0.3, -0.25) is 4.79 Å². The van der Waals surface area contributed by atoms with Gasteiger partial charge in [-0.2, -0.15) is 0 Å². The topological polar surface area (TPSA) is 78.3 Å². The third-order valence-corrected chi connectivity index (χ3v) is 5.88. The van der Waals surface area contributed by atoms with Gasteiger partial charge in [0, 0.05) is 31.4 Å². The molecule has 1 heterocycles. The molecule has 2 N–H and O–H groups in total. The molecule has 1 fully saturated rings. The molecule has 1 amide bonds. The van der Waals surface area contributed by atoms with Crippen molar-refractivity contribution >= 4 is 17.5 Å². The number of nitrogens with one attached hydrogen (secondary N) is 1. The number of aromatic nitrogens is 2. The third kappa shape index (κ3) is 6.15. The number of amides is 1. The number of likely N-dealkylation sites (N-methyl/N-ethyl adjacent to an activating group) is 1. The summed E-state index contributed by atoms with van der Waals surface area (Å²) in [7, 11) is 3.99. The molecule has 0 aliphatic heterocycles. The average Bonchev–Trinajstić information content (AvgIpc) is 3.51. The van der Waals surface area contributed by atoms with Gasteiger partial charge in [-0.25, -0.2) is 9.97 Å². The minimum atomic E-state index is 0.0538. The lowest BCUT2D eigenvalue weighted by Crippen LogP contribution is -2.42. The molecule has 1 aliphatic carbocycles. The first-order valence-corrected chi connectivity index (χ1v) is 10.4. The van der Waals surface area contributed by atoms with Gasteiger partial charge in [-0.15, -0.1) is 0 Å². The van der Waals surface area contributed by atoms with Crippen molar-refractivity contribution in [3.05, 3.63) is 52.6 Å². The van der Waals surface area contributed by atoms with E-state index in [1.807, 2.05) is 39.5 Å². The van der Waals surface area contributed by atoms with Gasteiger partial charge >= 0.3 is 0 Å². The molecule has 3 rings (SSSR count). The molecule has 0 spiro atoms. The molecule has 0 bridgehead atoms. The zero-order chi connectivity index (χ0) is 21.0. The van der Waals surface area contributed by atoms with Crippen LogP contribution in [-0.4, -0.2) is 52.6 Å². The zero-order valence-corrected chi connectivity index (χ0v) is 18.0. The summed E-state index contributed by atoms with van der Waals surface area (Å²) in [6.45, 7) is 2.41. The Morgan fingerprint density at radius 3 is 2.59 bits per heavy atom. The Morgan fingerprint density at radius 2 is 2.00 bits per heavy atom. The number of phenols is 1. The fourth-order valence-electron chi connectivity index (χ4n) is 3.54. The van der Waals surface area contributed by atoms with Crippen LogP contribution in [0.4, 0.5) is 0 Å². The first kappa shape index (κ1) is 21.5. The summed E-state index contributed by atoms with van der Waals surface area (Å²) in [6, 6.07) is 5.37. The van der Waals surface area contributed by atoms with E-state index in [-0.39, 0.29) is 23.6 Å². The minimum absolute atomic E-state index is 0.0538. The summed E-state index contributed by atoms with van der Waals surface area (Å²) in [5.41, 5.74) is 2.07. The highest BCUT2D eigenvalue weighted by Gasteiger charge is 2.34. The maximum Gasteiger partial charge on any atom is 0.220 e. The number of benzene rings is 1. The Kier molecular flexibility index (Phi) is 7.09. The molecule has 0 radical (unpaired) electrons. The Balaban J connectivity index is 1.57. The van der Waals surface area contributed by atoms with Gasteiger partial charge < -0.3 is 15.3 Å². The molecule has 0 unspecified atom stereocenters. The summed E-state index contributed by atoms with van der Waals surface area (Å²) >= 11 is 6.02. The summed E-state index contributed by atoms with van der Waals surface area (Å²) in [5.74, 6) is 1.62. The summed E-state index contributed by atoms with van der Waals surface area (Å²) in [4.78, 5) is 23.4. The number of rotatable bonds is 9. The molecule has 6 nitrogen and oxygen atoms in total. The fraction of sp³-hybridized carbons (Fsp3) is 0.500. The van der Waals surface area contributed by atoms with Gasteiger partial charge in [0.25, 0.3) is 0 Å². The minimum Gasteiger partial charge on any atom is -0.506 e. The number of phenolic OH excluding ortho intramolecular Hbond substituents is 1. The van der Waals surface area contributed by atoms with Crippen molar-refractivity contribution in [2.24, 2.45) is 5.92 Å². The van der Waals surface area contributed by atoms with Crippen LogP contribution in [0.25, 0.3) is 0 Å². The standard InChI is InChI=1S/C22H29ClN4O2/c1-14-24-11-17(12-25-14)19(16-5-6-16)10-22(29)26-13-18(27(2)3)8-15-4-7-21(28)20(23)9-15/h4,7,9,11-12,16,18-19,28H,5-6,8,10,13H2,1-3H3,(H,26,29)/t18-,19+/m0/s1. The molecule has 1 aromatic carbocycles. The Morgan fingerprint density at radius 1 is 1.31 bits per heavy atom. The number of aromatic hydroxyl groups is 1. The van der Waals surface area contributed by atoms with Crippen LogP contribution >= 0.6 is 11.6 Å². The predicted molar refractivity (Wildman–Crippen MR) is 114 cm³/mol. The molecule has 29 heavy (non-hydrogen) atoms. The van der Waals surface area contributed by atoms with E-state index < -0.39 is 0 Å². The molecule has 1 aromatic heterocycles. The molecule has 7 heteroatoms. The summed E-state index contributed by atoms with van der Waals surface area (Å²) < 4.78 is 0. The maximum absolute atomic E-state index is 12.7.